The molecule has 1 fully saturated rings. The molecule has 1 aliphatic heterocycles. The molecule has 30 heavy (non-hydrogen) atoms. The number of hydroxylamine groups is 3. The number of likely N-dealkylation sites (tertiary alicyclic amines) is 1. The van der Waals surface area contributed by atoms with Crippen LogP contribution in [-0.2, 0) is 14.4 Å². The molecular formula is C20H22BrF3NO3S2+. The molecule has 164 valence electrons. The van der Waals surface area contributed by atoms with E-state index in [2.05, 4.69) is 15.9 Å². The van der Waals surface area contributed by atoms with E-state index in [0.29, 0.717) is 0 Å². The zero-order valence-corrected chi connectivity index (χ0v) is 19.6. The van der Waals surface area contributed by atoms with Gasteiger partial charge in [-0.25, -0.2) is 0 Å². The van der Waals surface area contributed by atoms with E-state index in [1.165, 1.54) is 7.05 Å². The Hall–Kier alpha value is -1.07. The first-order chi connectivity index (χ1) is 14.0. The van der Waals surface area contributed by atoms with Gasteiger partial charge in [0.15, 0.2) is 0 Å². The van der Waals surface area contributed by atoms with E-state index in [-0.39, 0.29) is 30.2 Å². The van der Waals surface area contributed by atoms with Crippen LogP contribution in [0.15, 0.2) is 59.1 Å². The van der Waals surface area contributed by atoms with E-state index < -0.39 is 20.3 Å². The Morgan fingerprint density at radius 3 is 2.13 bits per heavy atom. The second kappa shape index (κ2) is 8.82. The molecule has 2 aromatic carbocycles. The van der Waals surface area contributed by atoms with Crippen molar-refractivity contribution in [2.75, 3.05) is 26.4 Å². The molecule has 0 saturated carbocycles. The van der Waals surface area contributed by atoms with Gasteiger partial charge >= 0.3 is 15.6 Å². The van der Waals surface area contributed by atoms with Crippen molar-refractivity contribution in [3.63, 3.8) is 0 Å². The lowest BCUT2D eigenvalue weighted by Gasteiger charge is -2.45. The third-order valence-electron chi connectivity index (χ3n) is 5.30. The highest BCUT2D eigenvalue weighted by molar-refractivity contribution is 9.10. The number of nitrogens with zero attached hydrogens (tertiary/aromatic N) is 1. The van der Waals surface area contributed by atoms with Gasteiger partial charge in [-0.3, -0.25) is 0 Å². The minimum atomic E-state index is -5.74. The maximum absolute atomic E-state index is 13.1. The van der Waals surface area contributed by atoms with Crippen LogP contribution < -0.4 is 0 Å². The first-order valence-corrected chi connectivity index (χ1v) is 12.6. The fourth-order valence-electron chi connectivity index (χ4n) is 4.09. The van der Waals surface area contributed by atoms with Crippen LogP contribution in [0.2, 0.25) is 0 Å². The molecule has 0 spiro atoms. The van der Waals surface area contributed by atoms with Crippen molar-refractivity contribution >= 4 is 37.8 Å². The Morgan fingerprint density at radius 2 is 1.60 bits per heavy atom. The van der Waals surface area contributed by atoms with E-state index in [9.17, 15) is 21.6 Å². The highest BCUT2D eigenvalue weighted by Gasteiger charge is 2.56. The van der Waals surface area contributed by atoms with Crippen LogP contribution in [0.25, 0.3) is 0 Å². The number of hydrogen-bond donors (Lipinski definition) is 0. The number of likely N-dealkylation sites (N-methyl/N-ethyl adjacent to an activating group) is 1. The van der Waals surface area contributed by atoms with Crippen molar-refractivity contribution in [1.29, 1.82) is 0 Å². The number of hydrogen-bond acceptors (Lipinski definition) is 4. The molecule has 0 radical (unpaired) electrons. The largest absolute Gasteiger partial charge is 0.528 e. The topological polar surface area (TPSA) is 43.4 Å². The van der Waals surface area contributed by atoms with Crippen LogP contribution >= 0.6 is 27.7 Å². The fourth-order valence-corrected chi connectivity index (χ4v) is 6.33. The van der Waals surface area contributed by atoms with E-state index in [1.807, 2.05) is 60.9 Å². The summed E-state index contributed by atoms with van der Waals surface area (Å²) in [6.07, 6.45) is 1.97. The standard InChI is InChI=1S/C20H22BrF3NO3S2/c1-25(28-30(26,27)20(22,23)24)12-17(14-7-4-3-5-8-14)19(29-2)18(13-25)15-9-6-10-16(21)11-15/h3-11,17-19H,12-13H2,1-2H3/q+1. The number of halogens is 4. The molecule has 0 aliphatic carbocycles. The maximum atomic E-state index is 13.1. The van der Waals surface area contributed by atoms with Gasteiger partial charge in [0.05, 0.1) is 0 Å². The van der Waals surface area contributed by atoms with Gasteiger partial charge < -0.3 is 0 Å². The summed E-state index contributed by atoms with van der Waals surface area (Å²) in [7, 11) is -4.34. The predicted molar refractivity (Wildman–Crippen MR) is 115 cm³/mol. The fraction of sp³-hybridized carbons (Fsp3) is 0.400. The van der Waals surface area contributed by atoms with Gasteiger partial charge in [0, 0.05) is 21.6 Å². The summed E-state index contributed by atoms with van der Waals surface area (Å²) in [5.74, 6) is -0.419. The molecule has 4 unspecified atom stereocenters. The van der Waals surface area contributed by atoms with Gasteiger partial charge in [-0.05, 0) is 29.5 Å². The normalized spacial score (nSPS) is 27.7. The van der Waals surface area contributed by atoms with Gasteiger partial charge in [-0.1, -0.05) is 62.7 Å². The Morgan fingerprint density at radius 1 is 1.03 bits per heavy atom. The van der Waals surface area contributed by atoms with Crippen molar-refractivity contribution in [2.45, 2.75) is 22.6 Å². The quantitative estimate of drug-likeness (QED) is 0.393. The van der Waals surface area contributed by atoms with Gasteiger partial charge in [0.25, 0.3) is 0 Å². The molecule has 0 aromatic heterocycles. The molecule has 3 rings (SSSR count). The Balaban J connectivity index is 2.07. The van der Waals surface area contributed by atoms with Crippen molar-refractivity contribution in [1.82, 2.24) is 0 Å². The van der Waals surface area contributed by atoms with Crippen molar-refractivity contribution in [3.8, 4) is 0 Å². The molecule has 10 heteroatoms. The minimum absolute atomic E-state index is 0.0325. The third kappa shape index (κ3) is 5.04. The molecule has 2 aromatic rings. The Labute approximate surface area is 187 Å². The maximum Gasteiger partial charge on any atom is 0.528 e. The molecule has 1 heterocycles. The number of rotatable bonds is 5. The van der Waals surface area contributed by atoms with E-state index >= 15 is 0 Å². The number of alkyl halides is 3. The van der Waals surface area contributed by atoms with Crippen LogP contribution in [0.4, 0.5) is 13.2 Å². The summed E-state index contributed by atoms with van der Waals surface area (Å²) in [5.41, 5.74) is -3.62. The molecule has 1 aliphatic rings. The van der Waals surface area contributed by atoms with E-state index in [4.69, 9.17) is 4.28 Å². The van der Waals surface area contributed by atoms with E-state index in [0.717, 1.165) is 15.6 Å². The predicted octanol–water partition coefficient (Wildman–Crippen LogP) is 5.29. The average Bonchev–Trinajstić information content (AvgIpc) is 2.66. The zero-order valence-electron chi connectivity index (χ0n) is 16.3. The monoisotopic (exact) mass is 524 g/mol. The Kier molecular flexibility index (Phi) is 6.93. The summed E-state index contributed by atoms with van der Waals surface area (Å²) < 4.78 is 67.8. The molecule has 0 bridgehead atoms. The molecule has 4 atom stereocenters. The number of piperidine rings is 1. The lowest BCUT2D eigenvalue weighted by molar-refractivity contribution is -1.07. The number of quaternary nitrogens is 1. The molecule has 0 amide bonds. The average molecular weight is 525 g/mol. The van der Waals surface area contributed by atoms with Crippen LogP contribution in [0.5, 0.6) is 0 Å². The molecule has 1 saturated heterocycles. The van der Waals surface area contributed by atoms with Crippen LogP contribution in [-0.4, -0.2) is 50.2 Å². The summed E-state index contributed by atoms with van der Waals surface area (Å²) in [5, 5.41) is 0.0325. The van der Waals surface area contributed by atoms with Gasteiger partial charge in [-0.2, -0.15) is 38.0 Å². The number of thioether (sulfide) groups is 1. The van der Waals surface area contributed by atoms with E-state index in [1.54, 1.807) is 11.8 Å². The second-order valence-corrected chi connectivity index (χ2v) is 11.0. The summed E-state index contributed by atoms with van der Waals surface area (Å²) in [6.45, 7) is 0.204. The van der Waals surface area contributed by atoms with Gasteiger partial charge in [0.2, 0.25) is 0 Å². The third-order valence-corrected chi connectivity index (χ3v) is 8.11. The Bertz CT molecular complexity index is 988. The lowest BCUT2D eigenvalue weighted by atomic mass is 9.80. The van der Waals surface area contributed by atoms with Gasteiger partial charge in [-0.15, -0.1) is 0 Å². The molecule has 4 nitrogen and oxygen atoms in total. The highest BCUT2D eigenvalue weighted by Crippen LogP contribution is 2.46. The van der Waals surface area contributed by atoms with Crippen molar-refractivity contribution in [3.05, 3.63) is 70.2 Å². The lowest BCUT2D eigenvalue weighted by Crippen LogP contribution is -2.58. The summed E-state index contributed by atoms with van der Waals surface area (Å²) >= 11 is 5.08. The summed E-state index contributed by atoms with van der Waals surface area (Å²) in [6, 6.07) is 17.0. The summed E-state index contributed by atoms with van der Waals surface area (Å²) in [4.78, 5) is 0. The zero-order chi connectivity index (χ0) is 22.2. The number of benzene rings is 2. The van der Waals surface area contributed by atoms with Crippen molar-refractivity contribution in [2.24, 2.45) is 0 Å². The van der Waals surface area contributed by atoms with Crippen LogP contribution in [0, 0.1) is 0 Å². The first kappa shape index (κ1) is 23.6. The second-order valence-electron chi connectivity index (χ2n) is 7.52. The molecule has 0 N–H and O–H groups in total. The minimum Gasteiger partial charge on any atom is -0.185 e. The van der Waals surface area contributed by atoms with Gasteiger partial charge in [0.1, 0.15) is 20.1 Å². The van der Waals surface area contributed by atoms with Crippen LogP contribution in [0.3, 0.4) is 0 Å². The van der Waals surface area contributed by atoms with Crippen molar-refractivity contribution < 1.29 is 30.5 Å². The smallest absolute Gasteiger partial charge is 0.185 e. The first-order valence-electron chi connectivity index (χ1n) is 9.16. The highest BCUT2D eigenvalue weighted by atomic mass is 79.9. The van der Waals surface area contributed by atoms with Crippen LogP contribution in [0.1, 0.15) is 23.0 Å². The SMILES string of the molecule is CSC1C(c2ccccc2)C[N+](C)(OS(=O)(=O)C(F)(F)F)CC1c1cccc(Br)c1. The molecular weight excluding hydrogens is 503 g/mol.